The number of Topliss-reactive ketones (excluding diaryl/α,β-unsaturated/α-hetero) is 1. The Hall–Kier alpha value is -1.19. The van der Waals surface area contributed by atoms with Crippen LogP contribution in [0.25, 0.3) is 0 Å². The van der Waals surface area contributed by atoms with Gasteiger partial charge >= 0.3 is 0 Å². The lowest BCUT2D eigenvalue weighted by atomic mass is 9.69. The first-order chi connectivity index (χ1) is 13.2. The number of benzene rings is 1. The molecule has 0 bridgehead atoms. The van der Waals surface area contributed by atoms with Gasteiger partial charge in [0.25, 0.3) is 0 Å². The quantitative estimate of drug-likeness (QED) is 0.413. The molecule has 29 heavy (non-hydrogen) atoms. The van der Waals surface area contributed by atoms with Crippen LogP contribution in [0.3, 0.4) is 0 Å². The van der Waals surface area contributed by atoms with Crippen molar-refractivity contribution in [3.05, 3.63) is 35.4 Å². The summed E-state index contributed by atoms with van der Waals surface area (Å²) in [7, 11) is 0. The molecule has 0 aliphatic carbocycles. The molecule has 166 valence electrons. The fraction of sp³-hybridized carbons (Fsp3) is 0.731. The van der Waals surface area contributed by atoms with Gasteiger partial charge in [0.15, 0.2) is 5.78 Å². The van der Waals surface area contributed by atoms with Crippen molar-refractivity contribution in [3.8, 4) is 0 Å². The number of nitrogens with one attached hydrogen (secondary N) is 1. The lowest BCUT2D eigenvalue weighted by Crippen LogP contribution is -2.49. The Labute approximate surface area is 180 Å². The fourth-order valence-corrected chi connectivity index (χ4v) is 3.20. The van der Waals surface area contributed by atoms with Crippen LogP contribution in [0.2, 0.25) is 0 Å². The van der Waals surface area contributed by atoms with Crippen LogP contribution in [0.15, 0.2) is 24.3 Å². The van der Waals surface area contributed by atoms with Gasteiger partial charge in [-0.25, -0.2) is 0 Å². The third kappa shape index (κ3) is 7.22. The molecule has 1 aromatic rings. The molecule has 0 saturated carbocycles. The zero-order chi connectivity index (χ0) is 22.5. The van der Waals surface area contributed by atoms with Crippen LogP contribution in [0.5, 0.6) is 0 Å². The minimum absolute atomic E-state index is 0.0725. The number of hydrogen-bond acceptors (Lipinski definition) is 3. The molecule has 0 spiro atoms. The van der Waals surface area contributed by atoms with Crippen molar-refractivity contribution >= 4 is 5.78 Å². The van der Waals surface area contributed by atoms with E-state index in [4.69, 9.17) is 4.74 Å². The van der Waals surface area contributed by atoms with Crippen LogP contribution in [-0.4, -0.2) is 23.5 Å². The summed E-state index contributed by atoms with van der Waals surface area (Å²) in [6, 6.07) is 8.02. The van der Waals surface area contributed by atoms with Crippen LogP contribution in [-0.2, 0) is 11.3 Å². The summed E-state index contributed by atoms with van der Waals surface area (Å²) < 4.78 is 6.39. The third-order valence-corrected chi connectivity index (χ3v) is 6.76. The van der Waals surface area contributed by atoms with Crippen molar-refractivity contribution in [1.29, 1.82) is 0 Å². The molecule has 0 aliphatic rings. The molecule has 0 heterocycles. The first-order valence-electron chi connectivity index (χ1n) is 11.2. The SMILES string of the molecule is CCC(C)(C)CCOC(C)(CC)C(C)(C)C(=O)c1ccc(CNC(C)(C)C)cc1. The van der Waals surface area contributed by atoms with E-state index in [1.165, 1.54) is 5.56 Å². The topological polar surface area (TPSA) is 38.3 Å². The molecule has 0 saturated heterocycles. The molecular formula is C26H45NO2. The summed E-state index contributed by atoms with van der Waals surface area (Å²) in [5, 5.41) is 3.49. The maximum absolute atomic E-state index is 13.4. The summed E-state index contributed by atoms with van der Waals surface area (Å²) in [6.07, 6.45) is 2.92. The molecule has 0 amide bonds. The highest BCUT2D eigenvalue weighted by Gasteiger charge is 2.46. The van der Waals surface area contributed by atoms with Crippen molar-refractivity contribution in [2.24, 2.45) is 10.8 Å². The molecule has 0 radical (unpaired) electrons. The van der Waals surface area contributed by atoms with Gasteiger partial charge < -0.3 is 10.1 Å². The molecule has 1 atom stereocenters. The van der Waals surface area contributed by atoms with Gasteiger partial charge in [0.2, 0.25) is 0 Å². The average Bonchev–Trinajstić information content (AvgIpc) is 2.65. The standard InChI is InChI=1S/C26H45NO2/c1-11-24(6,7)17-18-29-26(10,12-2)25(8,9)22(28)21-15-13-20(14-16-21)19-27-23(3,4)5/h13-16,27H,11-12,17-19H2,1-10H3. The number of rotatable bonds is 11. The summed E-state index contributed by atoms with van der Waals surface area (Å²) in [6.45, 7) is 22.9. The van der Waals surface area contributed by atoms with Gasteiger partial charge in [0.05, 0.1) is 11.0 Å². The van der Waals surface area contributed by atoms with Gasteiger partial charge in [-0.3, -0.25) is 4.79 Å². The first-order valence-corrected chi connectivity index (χ1v) is 11.2. The highest BCUT2D eigenvalue weighted by molar-refractivity contribution is 6.00. The second kappa shape index (κ2) is 9.75. The second-order valence-corrected chi connectivity index (χ2v) is 11.0. The van der Waals surface area contributed by atoms with Crippen LogP contribution in [0.4, 0.5) is 0 Å². The van der Waals surface area contributed by atoms with Crippen molar-refractivity contribution in [2.45, 2.75) is 106 Å². The van der Waals surface area contributed by atoms with Crippen LogP contribution >= 0.6 is 0 Å². The van der Waals surface area contributed by atoms with E-state index in [1.807, 2.05) is 26.0 Å². The van der Waals surface area contributed by atoms with Crippen molar-refractivity contribution in [2.75, 3.05) is 6.61 Å². The van der Waals surface area contributed by atoms with E-state index in [0.29, 0.717) is 6.61 Å². The Morgan fingerprint density at radius 2 is 1.45 bits per heavy atom. The monoisotopic (exact) mass is 403 g/mol. The number of ketones is 1. The summed E-state index contributed by atoms with van der Waals surface area (Å²) in [5.41, 5.74) is 1.17. The fourth-order valence-electron chi connectivity index (χ4n) is 3.20. The predicted molar refractivity (Wildman–Crippen MR) is 124 cm³/mol. The highest BCUT2D eigenvalue weighted by Crippen LogP contribution is 2.40. The van der Waals surface area contributed by atoms with Gasteiger partial charge in [-0.1, -0.05) is 58.4 Å². The lowest BCUT2D eigenvalue weighted by Gasteiger charge is -2.43. The third-order valence-electron chi connectivity index (χ3n) is 6.76. The van der Waals surface area contributed by atoms with Gasteiger partial charge in [0, 0.05) is 24.3 Å². The molecular weight excluding hydrogens is 358 g/mol. The average molecular weight is 404 g/mol. The Bertz CT molecular complexity index is 652. The van der Waals surface area contributed by atoms with E-state index < -0.39 is 11.0 Å². The van der Waals surface area contributed by atoms with E-state index >= 15 is 0 Å². The van der Waals surface area contributed by atoms with Gasteiger partial charge in [-0.2, -0.15) is 0 Å². The minimum atomic E-state index is -0.608. The van der Waals surface area contributed by atoms with Gasteiger partial charge in [-0.15, -0.1) is 0 Å². The molecule has 0 fully saturated rings. The van der Waals surface area contributed by atoms with Crippen LogP contribution in [0, 0.1) is 10.8 Å². The molecule has 1 aromatic carbocycles. The maximum Gasteiger partial charge on any atom is 0.171 e. The number of ether oxygens (including phenoxy) is 1. The van der Waals surface area contributed by atoms with E-state index in [1.54, 1.807) is 0 Å². The zero-order valence-electron chi connectivity index (χ0n) is 20.7. The van der Waals surface area contributed by atoms with E-state index in [9.17, 15) is 4.79 Å². The van der Waals surface area contributed by atoms with Crippen LogP contribution in [0.1, 0.15) is 104 Å². The van der Waals surface area contributed by atoms with E-state index in [-0.39, 0.29) is 16.7 Å². The Kier molecular flexibility index (Phi) is 8.69. The molecule has 3 nitrogen and oxygen atoms in total. The smallest absolute Gasteiger partial charge is 0.171 e. The number of carbonyl (C=O) groups excluding carboxylic acids is 1. The molecule has 1 rings (SSSR count). The highest BCUT2D eigenvalue weighted by atomic mass is 16.5. The number of carbonyl (C=O) groups is 1. The predicted octanol–water partition coefficient (Wildman–Crippen LogP) is 6.80. The van der Waals surface area contributed by atoms with Gasteiger partial charge in [0.1, 0.15) is 0 Å². The molecule has 1 unspecified atom stereocenters. The molecule has 1 N–H and O–H groups in total. The summed E-state index contributed by atoms with van der Waals surface area (Å²) in [4.78, 5) is 13.4. The first kappa shape index (κ1) is 25.8. The minimum Gasteiger partial charge on any atom is -0.374 e. The Balaban J connectivity index is 2.90. The summed E-state index contributed by atoms with van der Waals surface area (Å²) in [5.74, 6) is 0.145. The van der Waals surface area contributed by atoms with Gasteiger partial charge in [-0.05, 0) is 65.4 Å². The normalized spacial score (nSPS) is 15.2. The molecule has 3 heteroatoms. The maximum atomic E-state index is 13.4. The van der Waals surface area contributed by atoms with Crippen molar-refractivity contribution < 1.29 is 9.53 Å². The van der Waals surface area contributed by atoms with Crippen LogP contribution < -0.4 is 5.32 Å². The Morgan fingerprint density at radius 3 is 1.90 bits per heavy atom. The summed E-state index contributed by atoms with van der Waals surface area (Å²) >= 11 is 0. The van der Waals surface area contributed by atoms with Crippen molar-refractivity contribution in [1.82, 2.24) is 5.32 Å². The second-order valence-electron chi connectivity index (χ2n) is 11.0. The zero-order valence-corrected chi connectivity index (χ0v) is 20.7. The Morgan fingerprint density at radius 1 is 0.897 bits per heavy atom. The molecule has 0 aromatic heterocycles. The van der Waals surface area contributed by atoms with E-state index in [0.717, 1.165) is 31.4 Å². The molecule has 0 aliphatic heterocycles. The number of hydrogen-bond donors (Lipinski definition) is 1. The van der Waals surface area contributed by atoms with Crippen molar-refractivity contribution in [3.63, 3.8) is 0 Å². The largest absolute Gasteiger partial charge is 0.374 e. The van der Waals surface area contributed by atoms with E-state index in [2.05, 4.69) is 72.8 Å². The lowest BCUT2D eigenvalue weighted by molar-refractivity contribution is -0.103.